The van der Waals surface area contributed by atoms with Crippen LogP contribution in [0.2, 0.25) is 0 Å². The summed E-state index contributed by atoms with van der Waals surface area (Å²) < 4.78 is 1.75. The van der Waals surface area contributed by atoms with Crippen LogP contribution < -0.4 is 0 Å². The van der Waals surface area contributed by atoms with Gasteiger partial charge in [0.25, 0.3) is 0 Å². The molecular formula is C15H25N3O2. The summed E-state index contributed by atoms with van der Waals surface area (Å²) in [5.74, 6) is 1.20. The fourth-order valence-electron chi connectivity index (χ4n) is 3.01. The van der Waals surface area contributed by atoms with Crippen molar-refractivity contribution in [3.8, 4) is 0 Å². The van der Waals surface area contributed by atoms with Crippen molar-refractivity contribution in [1.29, 1.82) is 0 Å². The quantitative estimate of drug-likeness (QED) is 0.860. The molecule has 0 radical (unpaired) electrons. The van der Waals surface area contributed by atoms with Crippen LogP contribution in [0.15, 0.2) is 0 Å². The first kappa shape index (κ1) is 15.0. The van der Waals surface area contributed by atoms with Crippen molar-refractivity contribution >= 4 is 5.97 Å². The summed E-state index contributed by atoms with van der Waals surface area (Å²) in [6.45, 7) is 4.11. The molecule has 5 nitrogen and oxygen atoms in total. The fraction of sp³-hybridized carbons (Fsp3) is 0.800. The molecule has 1 aliphatic carbocycles. The van der Waals surface area contributed by atoms with Crippen molar-refractivity contribution < 1.29 is 9.90 Å². The zero-order chi connectivity index (χ0) is 14.8. The Morgan fingerprint density at radius 2 is 1.90 bits per heavy atom. The molecule has 1 saturated carbocycles. The lowest BCUT2D eigenvalue weighted by Crippen LogP contribution is -2.34. The Balaban J connectivity index is 2.25. The largest absolute Gasteiger partial charge is 0.481 e. The second-order valence-corrected chi connectivity index (χ2v) is 6.34. The summed E-state index contributed by atoms with van der Waals surface area (Å²) in [5.41, 5.74) is -0.647. The van der Waals surface area contributed by atoms with Gasteiger partial charge in [-0.15, -0.1) is 0 Å². The first-order valence-corrected chi connectivity index (χ1v) is 7.58. The van der Waals surface area contributed by atoms with E-state index in [0.717, 1.165) is 50.2 Å². The SMILES string of the molecule is CC(C)c1nc(CC2(C(=O)O)CCCCCC2)n(C)n1. The van der Waals surface area contributed by atoms with E-state index < -0.39 is 11.4 Å². The number of aromatic nitrogens is 3. The molecule has 0 amide bonds. The van der Waals surface area contributed by atoms with E-state index in [0.29, 0.717) is 6.42 Å². The molecule has 0 unspecified atom stereocenters. The Morgan fingerprint density at radius 3 is 2.35 bits per heavy atom. The van der Waals surface area contributed by atoms with Gasteiger partial charge in [-0.1, -0.05) is 39.5 Å². The van der Waals surface area contributed by atoms with Gasteiger partial charge in [0.1, 0.15) is 5.82 Å². The van der Waals surface area contributed by atoms with Crippen molar-refractivity contribution in [2.75, 3.05) is 0 Å². The number of hydrogen-bond acceptors (Lipinski definition) is 3. The minimum Gasteiger partial charge on any atom is -0.481 e. The Morgan fingerprint density at radius 1 is 1.30 bits per heavy atom. The average molecular weight is 279 g/mol. The van der Waals surface area contributed by atoms with E-state index >= 15 is 0 Å². The molecule has 0 bridgehead atoms. The molecule has 0 aliphatic heterocycles. The van der Waals surface area contributed by atoms with Gasteiger partial charge in [-0.05, 0) is 12.8 Å². The number of nitrogens with zero attached hydrogens (tertiary/aromatic N) is 3. The normalized spacial score (nSPS) is 19.0. The highest BCUT2D eigenvalue weighted by Gasteiger charge is 2.40. The Kier molecular flexibility index (Phi) is 4.45. The molecule has 1 aliphatic rings. The summed E-state index contributed by atoms with van der Waals surface area (Å²) in [5, 5.41) is 14.1. The standard InChI is InChI=1S/C15H25N3O2/c1-11(2)13-16-12(18(3)17-13)10-15(14(19)20)8-6-4-5-7-9-15/h11H,4-10H2,1-3H3,(H,19,20). The van der Waals surface area contributed by atoms with Gasteiger partial charge in [0.05, 0.1) is 5.41 Å². The van der Waals surface area contributed by atoms with E-state index in [-0.39, 0.29) is 5.92 Å². The molecule has 1 aromatic heterocycles. The molecule has 112 valence electrons. The highest BCUT2D eigenvalue weighted by molar-refractivity contribution is 5.75. The highest BCUT2D eigenvalue weighted by atomic mass is 16.4. The van der Waals surface area contributed by atoms with Gasteiger partial charge < -0.3 is 5.11 Å². The minimum absolute atomic E-state index is 0.268. The lowest BCUT2D eigenvalue weighted by molar-refractivity contribution is -0.150. The van der Waals surface area contributed by atoms with Crippen molar-refractivity contribution in [1.82, 2.24) is 14.8 Å². The van der Waals surface area contributed by atoms with Crippen LogP contribution >= 0.6 is 0 Å². The number of hydrogen-bond donors (Lipinski definition) is 1. The third-order valence-electron chi connectivity index (χ3n) is 4.40. The number of rotatable bonds is 4. The number of aryl methyl sites for hydroxylation is 1. The van der Waals surface area contributed by atoms with E-state index in [9.17, 15) is 9.90 Å². The molecular weight excluding hydrogens is 254 g/mol. The van der Waals surface area contributed by atoms with Crippen molar-refractivity contribution in [3.63, 3.8) is 0 Å². The maximum Gasteiger partial charge on any atom is 0.310 e. The Bertz CT molecular complexity index is 471. The van der Waals surface area contributed by atoms with Crippen LogP contribution in [0, 0.1) is 5.41 Å². The van der Waals surface area contributed by atoms with Crippen molar-refractivity contribution in [3.05, 3.63) is 11.6 Å². The van der Waals surface area contributed by atoms with Crippen LogP contribution in [0.3, 0.4) is 0 Å². The first-order valence-electron chi connectivity index (χ1n) is 7.58. The lowest BCUT2D eigenvalue weighted by Gasteiger charge is -2.27. The molecule has 2 rings (SSSR count). The maximum absolute atomic E-state index is 11.8. The number of aliphatic carboxylic acids is 1. The summed E-state index contributed by atoms with van der Waals surface area (Å²) >= 11 is 0. The number of carboxylic acid groups (broad SMARTS) is 1. The van der Waals surface area contributed by atoms with Crippen LogP contribution in [-0.4, -0.2) is 25.8 Å². The lowest BCUT2D eigenvalue weighted by atomic mass is 9.77. The molecule has 0 aromatic carbocycles. The monoisotopic (exact) mass is 279 g/mol. The van der Waals surface area contributed by atoms with E-state index in [2.05, 4.69) is 23.9 Å². The van der Waals surface area contributed by atoms with Crippen LogP contribution in [0.5, 0.6) is 0 Å². The topological polar surface area (TPSA) is 68.0 Å². The van der Waals surface area contributed by atoms with Crippen LogP contribution in [-0.2, 0) is 18.3 Å². The molecule has 0 saturated heterocycles. The van der Waals surface area contributed by atoms with Gasteiger partial charge in [0, 0.05) is 19.4 Å². The zero-order valence-corrected chi connectivity index (χ0v) is 12.7. The van der Waals surface area contributed by atoms with Crippen molar-refractivity contribution in [2.24, 2.45) is 12.5 Å². The Labute approximate surface area is 120 Å². The summed E-state index contributed by atoms with van der Waals surface area (Å²) in [6.07, 6.45) is 6.30. The second kappa shape index (κ2) is 5.94. The molecule has 0 spiro atoms. The second-order valence-electron chi connectivity index (χ2n) is 6.34. The highest BCUT2D eigenvalue weighted by Crippen LogP contribution is 2.38. The van der Waals surface area contributed by atoms with Crippen LogP contribution in [0.25, 0.3) is 0 Å². The number of carboxylic acids is 1. The van der Waals surface area contributed by atoms with Gasteiger partial charge in [-0.25, -0.2) is 4.98 Å². The Hall–Kier alpha value is -1.39. The zero-order valence-electron chi connectivity index (χ0n) is 12.7. The molecule has 1 N–H and O–H groups in total. The molecule has 5 heteroatoms. The molecule has 1 fully saturated rings. The van der Waals surface area contributed by atoms with Gasteiger partial charge in [0.2, 0.25) is 0 Å². The number of carbonyl (C=O) groups is 1. The van der Waals surface area contributed by atoms with E-state index in [1.807, 2.05) is 7.05 Å². The molecule has 0 atom stereocenters. The predicted molar refractivity (Wildman–Crippen MR) is 76.6 cm³/mol. The average Bonchev–Trinajstić information content (AvgIpc) is 2.61. The van der Waals surface area contributed by atoms with E-state index in [1.165, 1.54) is 0 Å². The van der Waals surface area contributed by atoms with Gasteiger partial charge in [-0.3, -0.25) is 9.48 Å². The third-order valence-corrected chi connectivity index (χ3v) is 4.40. The van der Waals surface area contributed by atoms with Gasteiger partial charge in [0.15, 0.2) is 5.82 Å². The molecule has 1 heterocycles. The third kappa shape index (κ3) is 3.02. The van der Waals surface area contributed by atoms with E-state index in [4.69, 9.17) is 0 Å². The summed E-state index contributed by atoms with van der Waals surface area (Å²) in [4.78, 5) is 16.4. The summed E-state index contributed by atoms with van der Waals surface area (Å²) in [7, 11) is 1.86. The van der Waals surface area contributed by atoms with Gasteiger partial charge in [-0.2, -0.15) is 5.10 Å². The molecule has 20 heavy (non-hydrogen) atoms. The first-order chi connectivity index (χ1) is 9.44. The van der Waals surface area contributed by atoms with E-state index in [1.54, 1.807) is 4.68 Å². The minimum atomic E-state index is -0.673. The maximum atomic E-state index is 11.8. The van der Waals surface area contributed by atoms with Crippen LogP contribution in [0.4, 0.5) is 0 Å². The van der Waals surface area contributed by atoms with Crippen molar-refractivity contribution in [2.45, 2.75) is 64.7 Å². The summed E-state index contributed by atoms with van der Waals surface area (Å²) in [6, 6.07) is 0. The van der Waals surface area contributed by atoms with Gasteiger partial charge >= 0.3 is 5.97 Å². The predicted octanol–water partition coefficient (Wildman–Crippen LogP) is 2.91. The fourth-order valence-corrected chi connectivity index (χ4v) is 3.01. The smallest absolute Gasteiger partial charge is 0.310 e. The molecule has 1 aromatic rings. The van der Waals surface area contributed by atoms with Crippen LogP contribution in [0.1, 0.15) is 69.9 Å².